The Balaban J connectivity index is 2.28. The number of hydrogen-bond acceptors (Lipinski definition) is 5. The van der Waals surface area contributed by atoms with Crippen LogP contribution in [0.2, 0.25) is 0 Å². The van der Waals surface area contributed by atoms with E-state index in [0.717, 1.165) is 23.1 Å². The minimum Gasteiger partial charge on any atom is -0.507 e. The van der Waals surface area contributed by atoms with E-state index < -0.39 is 33.4 Å². The van der Waals surface area contributed by atoms with E-state index in [2.05, 4.69) is 6.08 Å². The number of rotatable bonds is 0. The summed E-state index contributed by atoms with van der Waals surface area (Å²) in [5, 5.41) is 22.0. The van der Waals surface area contributed by atoms with Gasteiger partial charge in [0.1, 0.15) is 22.0 Å². The van der Waals surface area contributed by atoms with Crippen molar-refractivity contribution < 1.29 is 24.5 Å². The fourth-order valence-electron chi connectivity index (χ4n) is 4.41. The molecule has 0 aromatic heterocycles. The molecular formula is C26H32Cl2O5. The minimum atomic E-state index is -2.19. The molecule has 0 saturated carbocycles. The number of phenols is 1. The number of carbonyl (C=O) groups excluding carboxylic acids is 2. The lowest BCUT2D eigenvalue weighted by Crippen LogP contribution is -2.62. The molecule has 3 atom stereocenters. The first kappa shape index (κ1) is 25.8. The van der Waals surface area contributed by atoms with Crippen LogP contribution in [-0.2, 0) is 0 Å². The number of phenolic OH excluding ortho intramolecular Hbond substituents is 1. The largest absolute Gasteiger partial charge is 0.507 e. The second kappa shape index (κ2) is 8.75. The number of halogens is 2. The Morgan fingerprint density at radius 2 is 1.79 bits per heavy atom. The molecule has 1 unspecified atom stereocenters. The molecule has 1 aliphatic carbocycles. The summed E-state index contributed by atoms with van der Waals surface area (Å²) in [6.07, 6.45) is 3.88. The number of allylic oxidation sites excluding steroid dienone is 3. The lowest BCUT2D eigenvalue weighted by molar-refractivity contribution is 0.00869. The van der Waals surface area contributed by atoms with Crippen LogP contribution in [-0.4, -0.2) is 43.2 Å². The number of hydrogen-bond donors (Lipinski definition) is 2. The molecule has 3 rings (SSSR count). The molecular weight excluding hydrogens is 463 g/mol. The number of aromatic hydroxyl groups is 1. The molecule has 2 N–H and O–H groups in total. The van der Waals surface area contributed by atoms with Gasteiger partial charge in [-0.3, -0.25) is 9.59 Å². The monoisotopic (exact) mass is 494 g/mol. The third-order valence-electron chi connectivity index (χ3n) is 6.94. The maximum Gasteiger partial charge on any atom is 0.197 e. The summed E-state index contributed by atoms with van der Waals surface area (Å²) in [5.74, 6) is -1.65. The Morgan fingerprint density at radius 3 is 2.39 bits per heavy atom. The third kappa shape index (κ3) is 4.48. The number of Topliss-reactive ketones (excluding diaryl/α,β-unsaturated/α-hetero) is 2. The zero-order valence-electron chi connectivity index (χ0n) is 20.0. The number of carbonyl (C=O) groups is 2. The molecule has 33 heavy (non-hydrogen) atoms. The summed E-state index contributed by atoms with van der Waals surface area (Å²) in [6, 6.07) is 2.68. The van der Waals surface area contributed by atoms with Crippen molar-refractivity contribution in [2.24, 2.45) is 0 Å². The van der Waals surface area contributed by atoms with Gasteiger partial charge in [-0.1, -0.05) is 22.8 Å². The molecule has 180 valence electrons. The van der Waals surface area contributed by atoms with Gasteiger partial charge in [-0.15, -0.1) is 23.2 Å². The first-order valence-corrected chi connectivity index (χ1v) is 11.9. The molecule has 7 heteroatoms. The van der Waals surface area contributed by atoms with Gasteiger partial charge >= 0.3 is 0 Å². The second-order valence-electron chi connectivity index (χ2n) is 10.1. The molecule has 2 aliphatic rings. The predicted octanol–water partition coefficient (Wildman–Crippen LogP) is 6.12. The Bertz CT molecular complexity index is 1060. The maximum absolute atomic E-state index is 13.7. The van der Waals surface area contributed by atoms with Gasteiger partial charge in [0, 0.05) is 18.1 Å². The van der Waals surface area contributed by atoms with E-state index in [9.17, 15) is 19.8 Å². The highest BCUT2D eigenvalue weighted by Gasteiger charge is 2.61. The summed E-state index contributed by atoms with van der Waals surface area (Å²) >= 11 is 13.3. The molecule has 3 bridgehead atoms. The number of benzene rings is 1. The van der Waals surface area contributed by atoms with Crippen LogP contribution in [0.15, 0.2) is 34.9 Å². The van der Waals surface area contributed by atoms with Crippen molar-refractivity contribution in [1.29, 1.82) is 0 Å². The van der Waals surface area contributed by atoms with Crippen molar-refractivity contribution in [3.05, 3.63) is 46.1 Å². The first-order chi connectivity index (χ1) is 15.1. The van der Waals surface area contributed by atoms with Gasteiger partial charge in [0.15, 0.2) is 17.2 Å². The van der Waals surface area contributed by atoms with Crippen molar-refractivity contribution >= 4 is 34.8 Å². The van der Waals surface area contributed by atoms with Gasteiger partial charge in [-0.05, 0) is 66.9 Å². The van der Waals surface area contributed by atoms with Gasteiger partial charge in [0.05, 0.1) is 10.9 Å². The smallest absolute Gasteiger partial charge is 0.197 e. The van der Waals surface area contributed by atoms with Gasteiger partial charge < -0.3 is 14.9 Å². The molecule has 0 spiro atoms. The van der Waals surface area contributed by atoms with E-state index in [1.165, 1.54) is 19.1 Å². The second-order valence-corrected chi connectivity index (χ2v) is 11.4. The fourth-order valence-corrected chi connectivity index (χ4v) is 4.81. The van der Waals surface area contributed by atoms with Crippen LogP contribution in [0.5, 0.6) is 11.5 Å². The van der Waals surface area contributed by atoms with Gasteiger partial charge in [-0.2, -0.15) is 0 Å². The highest BCUT2D eigenvalue weighted by Crippen LogP contribution is 2.48. The van der Waals surface area contributed by atoms with Crippen LogP contribution in [0.1, 0.15) is 87.9 Å². The third-order valence-corrected chi connectivity index (χ3v) is 8.17. The lowest BCUT2D eigenvalue weighted by atomic mass is 9.67. The summed E-state index contributed by atoms with van der Waals surface area (Å²) in [6.45, 7) is 10.8. The van der Waals surface area contributed by atoms with Crippen LogP contribution in [0.25, 0.3) is 0 Å². The Labute approximate surface area is 205 Å². The molecule has 5 nitrogen and oxygen atoms in total. The Kier molecular flexibility index (Phi) is 6.84. The normalized spacial score (nSPS) is 30.3. The maximum atomic E-state index is 13.7. The average molecular weight is 495 g/mol. The highest BCUT2D eigenvalue weighted by molar-refractivity contribution is 6.44. The van der Waals surface area contributed by atoms with Gasteiger partial charge in [0.25, 0.3) is 0 Å². The first-order valence-electron chi connectivity index (χ1n) is 11.1. The van der Waals surface area contributed by atoms with E-state index in [4.69, 9.17) is 27.9 Å². The standard InChI is InChI=1S/C26H32Cl2O5/c1-14(2)16-9-7-15(3)8-10-20(27)24(4,5)33-17-11-18-21(19(29)12-17)23(31)25(6,28)26(32,13-16)22(18)30/h7,11-12,20,29,32H,8-10,13H2,1-6H3/t20?,25-,26-/m0/s1. The van der Waals surface area contributed by atoms with Crippen LogP contribution in [0.3, 0.4) is 0 Å². The minimum absolute atomic E-state index is 0.0986. The topological polar surface area (TPSA) is 83.8 Å². The SMILES string of the molecule is CC1=CCC(=C(C)C)C[C@]2(O)C(=O)c3cc(cc(O)c3C(=O)[C@]2(C)Cl)OC(C)(C)C(Cl)CC1. The Hall–Kier alpha value is -1.82. The average Bonchev–Trinajstić information content (AvgIpc) is 2.71. The number of fused-ring (bicyclic) bond motifs is 2. The number of aliphatic hydroxyl groups is 1. The summed E-state index contributed by atoms with van der Waals surface area (Å²) in [7, 11) is 0. The Morgan fingerprint density at radius 1 is 1.15 bits per heavy atom. The summed E-state index contributed by atoms with van der Waals surface area (Å²) in [5.41, 5.74) is -0.442. The van der Waals surface area contributed by atoms with Crippen molar-refractivity contribution in [2.45, 2.75) is 88.7 Å². The van der Waals surface area contributed by atoms with Crippen LogP contribution < -0.4 is 4.74 Å². The molecule has 1 aromatic rings. The molecule has 0 fully saturated rings. The molecule has 1 aromatic carbocycles. The highest BCUT2D eigenvalue weighted by atomic mass is 35.5. The lowest BCUT2D eigenvalue weighted by Gasteiger charge is -2.43. The number of ether oxygens (including phenoxy) is 1. The molecule has 0 saturated heterocycles. The van der Waals surface area contributed by atoms with Crippen LogP contribution >= 0.6 is 23.2 Å². The van der Waals surface area contributed by atoms with E-state index in [1.807, 2.05) is 34.6 Å². The van der Waals surface area contributed by atoms with Crippen molar-refractivity contribution in [1.82, 2.24) is 0 Å². The van der Waals surface area contributed by atoms with Crippen LogP contribution in [0.4, 0.5) is 0 Å². The number of alkyl halides is 2. The van der Waals surface area contributed by atoms with E-state index in [1.54, 1.807) is 0 Å². The molecule has 1 aliphatic heterocycles. The van der Waals surface area contributed by atoms with Gasteiger partial charge in [-0.25, -0.2) is 0 Å². The van der Waals surface area contributed by atoms with Crippen LogP contribution in [0, 0.1) is 0 Å². The number of ketones is 2. The van der Waals surface area contributed by atoms with E-state index in [-0.39, 0.29) is 28.7 Å². The van der Waals surface area contributed by atoms with E-state index in [0.29, 0.717) is 12.8 Å². The summed E-state index contributed by atoms with van der Waals surface area (Å²) < 4.78 is 6.09. The molecule has 1 heterocycles. The zero-order chi connectivity index (χ0) is 24.9. The van der Waals surface area contributed by atoms with Crippen molar-refractivity contribution in [2.75, 3.05) is 0 Å². The molecule has 0 radical (unpaired) electrons. The van der Waals surface area contributed by atoms with Crippen molar-refractivity contribution in [3.63, 3.8) is 0 Å². The zero-order valence-corrected chi connectivity index (χ0v) is 21.5. The summed E-state index contributed by atoms with van der Waals surface area (Å²) in [4.78, 5) is 25.1. The fraction of sp³-hybridized carbons (Fsp3) is 0.538. The quantitative estimate of drug-likeness (QED) is 0.335. The van der Waals surface area contributed by atoms with Crippen molar-refractivity contribution in [3.8, 4) is 11.5 Å². The van der Waals surface area contributed by atoms with E-state index >= 15 is 0 Å². The van der Waals surface area contributed by atoms with Gasteiger partial charge in [0.2, 0.25) is 0 Å². The predicted molar refractivity (Wildman–Crippen MR) is 131 cm³/mol. The molecule has 0 amide bonds.